The number of nitrogens with one attached hydrogen (secondary N) is 1. The highest BCUT2D eigenvalue weighted by Gasteiger charge is 2.15. The average molecular weight is 459 g/mol. The van der Waals surface area contributed by atoms with E-state index in [1.807, 2.05) is 49.6 Å². The minimum Gasteiger partial charge on any atom is -0.471 e. The van der Waals surface area contributed by atoms with E-state index in [0.717, 1.165) is 16.5 Å². The van der Waals surface area contributed by atoms with Gasteiger partial charge < -0.3 is 10.1 Å². The van der Waals surface area contributed by atoms with Crippen molar-refractivity contribution in [2.24, 2.45) is 7.05 Å². The number of ether oxygens (including phenoxy) is 1. The molecule has 0 bridgehead atoms. The Bertz CT molecular complexity index is 1460. The van der Waals surface area contributed by atoms with Crippen molar-refractivity contribution >= 4 is 34.1 Å². The molecule has 0 aliphatic carbocycles. The third-order valence-electron chi connectivity index (χ3n) is 5.01. The molecule has 3 heterocycles. The number of fused-ring (bicyclic) bond motifs is 1. The Morgan fingerprint density at radius 1 is 1.06 bits per heavy atom. The van der Waals surface area contributed by atoms with Gasteiger partial charge >= 0.3 is 0 Å². The summed E-state index contributed by atoms with van der Waals surface area (Å²) in [5.41, 5.74) is 3.32. The Kier molecular flexibility index (Phi) is 5.50. The van der Waals surface area contributed by atoms with Gasteiger partial charge in [0.1, 0.15) is 5.75 Å². The third-order valence-corrected chi connectivity index (χ3v) is 5.25. The highest BCUT2D eigenvalue weighted by atomic mass is 35.5. The molecule has 8 nitrogen and oxygen atoms in total. The maximum absolute atomic E-state index is 13.2. The average Bonchev–Trinajstić information content (AvgIpc) is 3.46. The molecule has 0 aliphatic rings. The van der Waals surface area contributed by atoms with E-state index in [0.29, 0.717) is 27.7 Å². The van der Waals surface area contributed by atoms with Gasteiger partial charge in [0.25, 0.3) is 5.91 Å². The number of rotatable bonds is 6. The van der Waals surface area contributed by atoms with Crippen LogP contribution in [0.2, 0.25) is 5.02 Å². The lowest BCUT2D eigenvalue weighted by molar-refractivity contribution is 0.102. The van der Waals surface area contributed by atoms with Crippen molar-refractivity contribution in [2.45, 2.75) is 6.73 Å². The zero-order valence-electron chi connectivity index (χ0n) is 17.6. The van der Waals surface area contributed by atoms with E-state index in [1.165, 1.54) is 0 Å². The fourth-order valence-electron chi connectivity index (χ4n) is 3.46. The van der Waals surface area contributed by atoms with E-state index in [4.69, 9.17) is 21.3 Å². The molecule has 2 aromatic carbocycles. The lowest BCUT2D eigenvalue weighted by atomic mass is 10.0. The number of benzene rings is 2. The number of amides is 1. The van der Waals surface area contributed by atoms with Gasteiger partial charge in [-0.2, -0.15) is 10.2 Å². The Morgan fingerprint density at radius 3 is 2.76 bits per heavy atom. The molecule has 0 atom stereocenters. The van der Waals surface area contributed by atoms with Crippen molar-refractivity contribution in [2.75, 3.05) is 5.32 Å². The van der Waals surface area contributed by atoms with Gasteiger partial charge in [-0.25, -0.2) is 9.67 Å². The van der Waals surface area contributed by atoms with E-state index in [1.54, 1.807) is 46.2 Å². The maximum Gasteiger partial charge on any atom is 0.256 e. The number of anilines is 1. The van der Waals surface area contributed by atoms with Crippen LogP contribution in [0.4, 0.5) is 5.69 Å². The SMILES string of the molecule is Cn1cc(-c2cc(C(=O)Nc3cnn(COc4cccc(Cl)c4)c3)c3ccccc3n2)cn1. The molecule has 1 N–H and O–H groups in total. The van der Waals surface area contributed by atoms with Gasteiger partial charge in [-0.1, -0.05) is 35.9 Å². The van der Waals surface area contributed by atoms with Crippen LogP contribution in [0.5, 0.6) is 5.75 Å². The molecule has 0 aliphatic heterocycles. The molecule has 0 spiro atoms. The lowest BCUT2D eigenvalue weighted by Crippen LogP contribution is -2.13. The van der Waals surface area contributed by atoms with Crippen molar-refractivity contribution in [1.29, 1.82) is 0 Å². The van der Waals surface area contributed by atoms with Crippen LogP contribution in [0.25, 0.3) is 22.2 Å². The van der Waals surface area contributed by atoms with Crippen LogP contribution >= 0.6 is 11.6 Å². The minimum atomic E-state index is -0.256. The summed E-state index contributed by atoms with van der Waals surface area (Å²) < 4.78 is 8.97. The first-order chi connectivity index (χ1) is 16.0. The summed E-state index contributed by atoms with van der Waals surface area (Å²) in [6.07, 6.45) is 6.87. The molecule has 33 heavy (non-hydrogen) atoms. The standard InChI is InChI=1S/C24H19ClN6O2/c1-30-13-16(11-26-30)23-10-21(20-7-2-3-8-22(20)29-23)24(32)28-18-12-27-31(14-18)15-33-19-6-4-5-17(25)9-19/h2-14H,15H2,1H3,(H,28,32). The molecular formula is C24H19ClN6O2. The number of nitrogens with zero attached hydrogens (tertiary/aromatic N) is 5. The molecule has 5 rings (SSSR count). The van der Waals surface area contributed by atoms with E-state index >= 15 is 0 Å². The third kappa shape index (κ3) is 4.56. The van der Waals surface area contributed by atoms with Gasteiger partial charge in [0.2, 0.25) is 0 Å². The highest BCUT2D eigenvalue weighted by Crippen LogP contribution is 2.25. The van der Waals surface area contributed by atoms with E-state index < -0.39 is 0 Å². The summed E-state index contributed by atoms with van der Waals surface area (Å²) in [6.45, 7) is 0.180. The summed E-state index contributed by atoms with van der Waals surface area (Å²) in [5.74, 6) is 0.379. The van der Waals surface area contributed by atoms with Gasteiger partial charge in [0.15, 0.2) is 6.73 Å². The second-order valence-corrected chi connectivity index (χ2v) is 7.86. The number of aryl methyl sites for hydroxylation is 1. The number of hydrogen-bond donors (Lipinski definition) is 1. The first-order valence-corrected chi connectivity index (χ1v) is 10.5. The number of para-hydroxylation sites is 1. The van der Waals surface area contributed by atoms with E-state index in [9.17, 15) is 4.79 Å². The fraction of sp³-hybridized carbons (Fsp3) is 0.0833. The Labute approximate surface area is 194 Å². The Balaban J connectivity index is 1.37. The predicted octanol–water partition coefficient (Wildman–Crippen LogP) is 4.77. The Hall–Kier alpha value is -4.17. The topological polar surface area (TPSA) is 86.9 Å². The fourth-order valence-corrected chi connectivity index (χ4v) is 3.64. The number of carbonyl (C=O) groups is 1. The zero-order chi connectivity index (χ0) is 22.8. The summed E-state index contributed by atoms with van der Waals surface area (Å²) in [7, 11) is 1.84. The number of halogens is 1. The van der Waals surface area contributed by atoms with Crippen LogP contribution < -0.4 is 10.1 Å². The van der Waals surface area contributed by atoms with Crippen molar-refractivity contribution in [3.8, 4) is 17.0 Å². The second kappa shape index (κ2) is 8.76. The molecule has 0 unspecified atom stereocenters. The number of aromatic nitrogens is 5. The minimum absolute atomic E-state index is 0.180. The molecule has 0 saturated carbocycles. The van der Waals surface area contributed by atoms with E-state index in [-0.39, 0.29) is 12.6 Å². The molecular weight excluding hydrogens is 440 g/mol. The summed E-state index contributed by atoms with van der Waals surface area (Å²) >= 11 is 5.98. The van der Waals surface area contributed by atoms with Gasteiger partial charge in [0, 0.05) is 29.2 Å². The first-order valence-electron chi connectivity index (χ1n) is 10.2. The van der Waals surface area contributed by atoms with Gasteiger partial charge in [-0.15, -0.1) is 0 Å². The first kappa shape index (κ1) is 20.7. The van der Waals surface area contributed by atoms with Crippen molar-refractivity contribution in [3.63, 3.8) is 0 Å². The number of hydrogen-bond acceptors (Lipinski definition) is 5. The summed E-state index contributed by atoms with van der Waals surface area (Å²) in [4.78, 5) is 17.9. The van der Waals surface area contributed by atoms with E-state index in [2.05, 4.69) is 15.5 Å². The quantitative estimate of drug-likeness (QED) is 0.396. The summed E-state index contributed by atoms with van der Waals surface area (Å²) in [6, 6.07) is 16.5. The maximum atomic E-state index is 13.2. The van der Waals surface area contributed by atoms with Crippen molar-refractivity contribution < 1.29 is 9.53 Å². The van der Waals surface area contributed by atoms with Gasteiger partial charge in [-0.3, -0.25) is 9.48 Å². The van der Waals surface area contributed by atoms with Gasteiger partial charge in [0.05, 0.1) is 41.1 Å². The molecule has 0 fully saturated rings. The van der Waals surface area contributed by atoms with Crippen LogP contribution in [0, 0.1) is 0 Å². The van der Waals surface area contributed by atoms with Crippen molar-refractivity contribution in [1.82, 2.24) is 24.5 Å². The second-order valence-electron chi connectivity index (χ2n) is 7.43. The largest absolute Gasteiger partial charge is 0.471 e. The van der Waals surface area contributed by atoms with Crippen LogP contribution in [0.15, 0.2) is 79.4 Å². The van der Waals surface area contributed by atoms with Crippen molar-refractivity contribution in [3.05, 3.63) is 90.0 Å². The normalized spacial score (nSPS) is 11.0. The molecule has 0 radical (unpaired) electrons. The van der Waals surface area contributed by atoms with Gasteiger partial charge in [-0.05, 0) is 30.3 Å². The molecule has 5 aromatic rings. The highest BCUT2D eigenvalue weighted by molar-refractivity contribution is 6.30. The molecule has 164 valence electrons. The Morgan fingerprint density at radius 2 is 1.94 bits per heavy atom. The predicted molar refractivity (Wildman–Crippen MR) is 126 cm³/mol. The molecule has 1 amide bonds. The van der Waals surface area contributed by atoms with Crippen LogP contribution in [-0.4, -0.2) is 30.5 Å². The molecule has 0 saturated heterocycles. The van der Waals surface area contributed by atoms with Crippen LogP contribution in [0.3, 0.4) is 0 Å². The van der Waals surface area contributed by atoms with Crippen LogP contribution in [0.1, 0.15) is 10.4 Å². The van der Waals surface area contributed by atoms with Crippen LogP contribution in [-0.2, 0) is 13.8 Å². The number of pyridine rings is 1. The monoisotopic (exact) mass is 458 g/mol. The smallest absolute Gasteiger partial charge is 0.256 e. The molecule has 9 heteroatoms. The lowest BCUT2D eigenvalue weighted by Gasteiger charge is -2.09. The molecule has 3 aromatic heterocycles. The summed E-state index contributed by atoms with van der Waals surface area (Å²) in [5, 5.41) is 12.7. The number of carbonyl (C=O) groups excluding carboxylic acids is 1. The zero-order valence-corrected chi connectivity index (χ0v) is 18.4.